The Bertz CT molecular complexity index is 4540. The largest absolute Gasteiger partial charge is 0.379 e. The Morgan fingerprint density at radius 3 is 1.15 bits per heavy atom. The molecule has 3 N–H and O–H groups in total. The van der Waals surface area contributed by atoms with Crippen LogP contribution in [0.5, 0.6) is 0 Å². The summed E-state index contributed by atoms with van der Waals surface area (Å²) in [6, 6.07) is 32.9. The summed E-state index contributed by atoms with van der Waals surface area (Å²) in [6.07, 6.45) is 0.715. The minimum absolute atomic E-state index is 0.108. The van der Waals surface area contributed by atoms with Gasteiger partial charge in [-0.15, -0.1) is 0 Å². The van der Waals surface area contributed by atoms with Crippen LogP contribution in [0.25, 0.3) is 32.7 Å². The fourth-order valence-electron chi connectivity index (χ4n) is 11.8. The van der Waals surface area contributed by atoms with Gasteiger partial charge in [-0.05, 0) is 142 Å². The molecule has 0 saturated carbocycles. The molecule has 97 heavy (non-hydrogen) atoms. The zero-order chi connectivity index (χ0) is 68.9. The van der Waals surface area contributed by atoms with Crippen LogP contribution in [-0.2, 0) is 81.2 Å². The fourth-order valence-corrected chi connectivity index (χ4v) is 13.2. The Labute approximate surface area is 588 Å². The van der Waals surface area contributed by atoms with Gasteiger partial charge in [-0.1, -0.05) is 77.3 Å². The normalized spacial score (nSPS) is 14.6. The van der Waals surface area contributed by atoms with Gasteiger partial charge in [0.1, 0.15) is 0 Å². The number of hydrogen-bond acceptors (Lipinski definition) is 17. The molecule has 27 heteroatoms. The lowest BCUT2D eigenvalue weighted by Crippen LogP contribution is -2.35. The van der Waals surface area contributed by atoms with Crippen LogP contribution in [0.15, 0.2) is 124 Å². The number of hydrogen-bond donors (Lipinski definition) is 3. The molecule has 3 aliphatic rings. The third-order valence-electron chi connectivity index (χ3n) is 16.6. The lowest BCUT2D eigenvalue weighted by atomic mass is 10.0. The van der Waals surface area contributed by atoms with Gasteiger partial charge in [0, 0.05) is 130 Å². The smallest absolute Gasteiger partial charge is 0.276 e. The van der Waals surface area contributed by atoms with E-state index in [-0.39, 0.29) is 47.6 Å². The van der Waals surface area contributed by atoms with Crippen molar-refractivity contribution in [2.24, 2.45) is 21.1 Å². The van der Waals surface area contributed by atoms with Gasteiger partial charge < -0.3 is 35.1 Å². The molecule has 508 valence electrons. The highest BCUT2D eigenvalue weighted by atomic mass is 127. The summed E-state index contributed by atoms with van der Waals surface area (Å²) in [5, 5.41) is 24.3. The van der Waals surface area contributed by atoms with Crippen molar-refractivity contribution in [1.82, 2.24) is 64.9 Å². The number of carbonyl (C=O) groups excluding carboxylic acids is 4. The van der Waals surface area contributed by atoms with Gasteiger partial charge in [0.05, 0.1) is 72.4 Å². The minimum Gasteiger partial charge on any atom is -0.379 e. The van der Waals surface area contributed by atoms with Crippen LogP contribution in [0.2, 0.25) is 15.1 Å². The zero-order valence-electron chi connectivity index (χ0n) is 54.5. The summed E-state index contributed by atoms with van der Waals surface area (Å²) in [7, 11) is 9.13. The molecule has 0 spiro atoms. The molecule has 3 saturated heterocycles. The number of benzene rings is 6. The zero-order valence-corrected chi connectivity index (χ0v) is 58.9. The summed E-state index contributed by atoms with van der Waals surface area (Å²) in [5.74, 6) is -1.56. The van der Waals surface area contributed by atoms with Crippen molar-refractivity contribution in [3.63, 3.8) is 0 Å². The van der Waals surface area contributed by atoms with E-state index in [4.69, 9.17) is 49.0 Å². The number of aldehydes is 1. The highest BCUT2D eigenvalue weighted by Gasteiger charge is 2.25. The number of ether oxygens (including phenoxy) is 3. The van der Waals surface area contributed by atoms with E-state index in [0.29, 0.717) is 101 Å². The van der Waals surface area contributed by atoms with E-state index in [0.717, 1.165) is 106 Å². The van der Waals surface area contributed by atoms with Gasteiger partial charge in [0.25, 0.3) is 17.7 Å². The van der Waals surface area contributed by atoms with Crippen molar-refractivity contribution in [2.75, 3.05) is 93.0 Å². The van der Waals surface area contributed by atoms with E-state index in [1.165, 1.54) is 4.68 Å². The van der Waals surface area contributed by atoms with Crippen molar-refractivity contribution < 1.29 is 33.4 Å². The number of aromatic nitrogens is 6. The average Bonchev–Trinajstić information content (AvgIpc) is 0.781. The number of nitrogens with one attached hydrogen (secondary N) is 3. The van der Waals surface area contributed by atoms with Crippen LogP contribution in [0.1, 0.15) is 80.8 Å². The van der Waals surface area contributed by atoms with Crippen LogP contribution < -0.4 is 32.2 Å². The highest BCUT2D eigenvalue weighted by Crippen LogP contribution is 2.25. The maximum Gasteiger partial charge on any atom is 0.276 e. The Balaban J connectivity index is 0.000000158. The molecule has 23 nitrogen and oxygen atoms in total. The molecule has 12 rings (SSSR count). The number of aryl methyl sites for hydroxylation is 3. The molecule has 0 aliphatic carbocycles. The van der Waals surface area contributed by atoms with Crippen LogP contribution in [-0.4, -0.2) is 166 Å². The number of nitrogens with zero attached hydrogens (tertiary/aromatic N) is 10. The van der Waals surface area contributed by atoms with Crippen molar-refractivity contribution in [2.45, 2.75) is 45.8 Å². The first-order valence-corrected chi connectivity index (χ1v) is 33.8. The number of carbonyl (C=O) groups is 4. The second kappa shape index (κ2) is 33.6. The second-order valence-corrected chi connectivity index (χ2v) is 26.5. The number of amides is 3. The maximum atomic E-state index is 13.5. The number of rotatable bonds is 18. The topological polar surface area (TPSA) is 250 Å². The van der Waals surface area contributed by atoms with E-state index >= 15 is 0 Å². The third-order valence-corrected chi connectivity index (χ3v) is 18.1. The lowest BCUT2D eigenvalue weighted by molar-refractivity contribution is 0.0341. The van der Waals surface area contributed by atoms with Gasteiger partial charge in [0.15, 0.2) is 23.4 Å². The van der Waals surface area contributed by atoms with E-state index in [1.807, 2.05) is 50.5 Å². The van der Waals surface area contributed by atoms with E-state index in [9.17, 15) is 33.6 Å². The number of morpholine rings is 3. The summed E-state index contributed by atoms with van der Waals surface area (Å²) >= 11 is 19.9. The molecule has 3 amide bonds. The van der Waals surface area contributed by atoms with Gasteiger partial charge in [-0.3, -0.25) is 62.3 Å². The summed E-state index contributed by atoms with van der Waals surface area (Å²) in [5.41, 5.74) is 7.14. The first-order chi connectivity index (χ1) is 46.7. The average molecular weight is 1490 g/mol. The molecule has 0 radical (unpaired) electrons. The SMILES string of the molecule is CN(C)Cc1cc(CN2CCOCC2)cc2c(=O)c(C(=O)NCc3ccc(Cl)cc3)nn(C)c12.Cn1nc(C(=O)NCc2ccc(Cl)cc2)c(=O)c2cc(CN3CCOCC3)cc(C=O)c21.Cn1nc(C(=O)NCc2ccc(Cl)cc2)c(=O)c2cc(CN3CCOCC3)cc(I)c21. The van der Waals surface area contributed by atoms with Gasteiger partial charge in [-0.25, -0.2) is 0 Å². The summed E-state index contributed by atoms with van der Waals surface area (Å²) in [4.78, 5) is 98.9. The second-order valence-electron chi connectivity index (χ2n) is 24.1. The molecule has 3 fully saturated rings. The van der Waals surface area contributed by atoms with E-state index in [1.54, 1.807) is 91.2 Å². The van der Waals surface area contributed by atoms with Crippen molar-refractivity contribution in [1.29, 1.82) is 0 Å². The van der Waals surface area contributed by atoms with Crippen LogP contribution in [0.3, 0.4) is 0 Å². The van der Waals surface area contributed by atoms with E-state index < -0.39 is 23.2 Å². The van der Waals surface area contributed by atoms with Crippen LogP contribution in [0.4, 0.5) is 0 Å². The molecule has 6 aromatic carbocycles. The first-order valence-electron chi connectivity index (χ1n) is 31.5. The molecular weight excluding hydrogens is 1420 g/mol. The molecule has 9 aromatic rings. The molecule has 3 aromatic heterocycles. The molecule has 0 atom stereocenters. The van der Waals surface area contributed by atoms with Crippen molar-refractivity contribution >= 4 is 114 Å². The third kappa shape index (κ3) is 18.7. The van der Waals surface area contributed by atoms with Crippen molar-refractivity contribution in [3.05, 3.63) is 220 Å². The predicted octanol–water partition coefficient (Wildman–Crippen LogP) is 7.53. The lowest BCUT2D eigenvalue weighted by Gasteiger charge is -2.27. The molecule has 3 aliphatic heterocycles. The number of halogens is 4. The highest BCUT2D eigenvalue weighted by molar-refractivity contribution is 14.1. The van der Waals surface area contributed by atoms with Gasteiger partial charge >= 0.3 is 0 Å². The quantitative estimate of drug-likeness (QED) is 0.0555. The molecule has 0 bridgehead atoms. The first kappa shape index (κ1) is 71.9. The standard InChI is InChI=1S/C25H30ClN5O3.C23H23ClN4O4.C22H22ClIN4O3/c1-29(2)16-19-12-18(15-31-8-10-34-11-9-31)13-21-23(19)30(3)28-22(24(21)32)25(33)27-14-17-4-6-20(26)7-5-17;1-27-21-17(14-29)10-16(13-28-6-8-32-9-7-28)11-19(21)22(30)20(26-27)23(31)25-12-15-2-4-18(24)5-3-15;1-27-20-17(10-15(11-18(20)24)13-28-6-8-31-9-7-28)21(29)19(26-27)22(30)25-12-14-2-4-16(23)5-3-14/h4-7,12-13H,8-11,14-16H2,1-3H3,(H,27,33);2-5,10-11,14H,6-9,12-13H2,1H3,(H,25,31);2-5,10-11H,6-9,12-13H2,1H3,(H,25,30). The van der Waals surface area contributed by atoms with Crippen molar-refractivity contribution in [3.8, 4) is 0 Å². The maximum absolute atomic E-state index is 13.5. The number of fused-ring (bicyclic) bond motifs is 3. The monoisotopic (exact) mass is 1490 g/mol. The summed E-state index contributed by atoms with van der Waals surface area (Å²) in [6.45, 7) is 12.6. The fraction of sp³-hybridized carbons (Fsp3) is 0.343. The van der Waals surface area contributed by atoms with Gasteiger partial charge in [-0.2, -0.15) is 15.3 Å². The Morgan fingerprint density at radius 1 is 0.474 bits per heavy atom. The predicted molar refractivity (Wildman–Crippen MR) is 383 cm³/mol. The Morgan fingerprint density at radius 2 is 0.794 bits per heavy atom. The van der Waals surface area contributed by atoms with Crippen LogP contribution in [0, 0.1) is 3.57 Å². The Hall–Kier alpha value is -7.86. The molecule has 0 unspecified atom stereocenters. The Kier molecular flexibility index (Phi) is 24.9. The summed E-state index contributed by atoms with van der Waals surface area (Å²) < 4.78 is 21.8. The minimum atomic E-state index is -0.575. The van der Waals surface area contributed by atoms with Gasteiger partial charge in [0.2, 0.25) is 16.3 Å². The molecule has 6 heterocycles. The molecular formula is C70H75Cl3IN13O10. The van der Waals surface area contributed by atoms with E-state index in [2.05, 4.69) is 85.6 Å². The van der Waals surface area contributed by atoms with Crippen LogP contribution >= 0.6 is 57.4 Å².